The molecule has 0 unspecified atom stereocenters. The molecule has 0 aliphatic carbocycles. The quantitative estimate of drug-likeness (QED) is 0.674. The molecule has 3 heterocycles. The van der Waals surface area contributed by atoms with E-state index in [4.69, 9.17) is 14.0 Å². The van der Waals surface area contributed by atoms with Crippen molar-refractivity contribution >= 4 is 23.2 Å². The maximum absolute atomic E-state index is 12.5. The van der Waals surface area contributed by atoms with E-state index < -0.39 is 5.91 Å². The number of rotatable bonds is 5. The van der Waals surface area contributed by atoms with E-state index in [0.29, 0.717) is 35.1 Å². The van der Waals surface area contributed by atoms with Crippen LogP contribution in [0.4, 0.5) is 5.69 Å². The number of fused-ring (bicyclic) bond motifs is 1. The number of carbonyl (C=O) groups is 2. The van der Waals surface area contributed by atoms with Gasteiger partial charge in [-0.2, -0.15) is 10.1 Å². The fourth-order valence-corrected chi connectivity index (χ4v) is 3.24. The summed E-state index contributed by atoms with van der Waals surface area (Å²) in [5.41, 5.74) is 1.81. The highest BCUT2D eigenvalue weighted by Gasteiger charge is 2.26. The first-order valence-electron chi connectivity index (χ1n) is 9.62. The van der Waals surface area contributed by atoms with Crippen molar-refractivity contribution in [3.63, 3.8) is 0 Å². The van der Waals surface area contributed by atoms with Gasteiger partial charge in [0.25, 0.3) is 5.89 Å². The van der Waals surface area contributed by atoms with Crippen LogP contribution >= 0.6 is 0 Å². The van der Waals surface area contributed by atoms with Crippen LogP contribution < -0.4 is 14.8 Å². The van der Waals surface area contributed by atoms with Crippen molar-refractivity contribution in [1.29, 1.82) is 0 Å². The average molecular weight is 419 g/mol. The Morgan fingerprint density at radius 2 is 1.90 bits per heavy atom. The maximum atomic E-state index is 12.5. The number of amides is 2. The summed E-state index contributed by atoms with van der Waals surface area (Å²) in [6.07, 6.45) is 0.550. The summed E-state index contributed by atoms with van der Waals surface area (Å²) >= 11 is 0. The standard InChI is InChI=1S/C21H17N5O5/c27-18(22-14-6-8-16-17(10-14)30-12-29-16)11-26-19(28)9-7-15(24-26)21-23-20(25-31-21)13-4-2-1-3-5-13/h1-6,8,10H,7,9,11-12H2,(H,22,27). The zero-order valence-corrected chi connectivity index (χ0v) is 16.3. The Labute approximate surface area is 176 Å². The Hall–Kier alpha value is -4.21. The van der Waals surface area contributed by atoms with Crippen LogP contribution in [0.5, 0.6) is 11.5 Å². The number of hydrazone groups is 1. The Morgan fingerprint density at radius 1 is 1.06 bits per heavy atom. The summed E-state index contributed by atoms with van der Waals surface area (Å²) in [5.74, 6) is 1.18. The Balaban J connectivity index is 1.29. The monoisotopic (exact) mass is 419 g/mol. The maximum Gasteiger partial charge on any atom is 0.274 e. The SMILES string of the molecule is O=C(CN1N=C(c2nc(-c3ccccc3)no2)CCC1=O)Nc1ccc2c(c1)OCO2. The van der Waals surface area contributed by atoms with E-state index in [0.717, 1.165) is 10.6 Å². The van der Waals surface area contributed by atoms with Gasteiger partial charge in [0, 0.05) is 30.2 Å². The topological polar surface area (TPSA) is 119 Å². The van der Waals surface area contributed by atoms with E-state index in [1.807, 2.05) is 30.3 Å². The van der Waals surface area contributed by atoms with Crippen molar-refractivity contribution in [2.24, 2.45) is 5.10 Å². The molecule has 0 spiro atoms. The predicted octanol–water partition coefficient (Wildman–Crippen LogP) is 2.43. The molecule has 0 fully saturated rings. The molecule has 2 amide bonds. The first-order chi connectivity index (χ1) is 15.2. The second-order valence-corrected chi connectivity index (χ2v) is 6.90. The second kappa shape index (κ2) is 7.90. The van der Waals surface area contributed by atoms with Gasteiger partial charge in [-0.15, -0.1) is 0 Å². The van der Waals surface area contributed by atoms with E-state index >= 15 is 0 Å². The van der Waals surface area contributed by atoms with Crippen molar-refractivity contribution in [2.75, 3.05) is 18.7 Å². The molecule has 10 heteroatoms. The lowest BCUT2D eigenvalue weighted by molar-refractivity contribution is -0.135. The van der Waals surface area contributed by atoms with Crippen LogP contribution in [0.2, 0.25) is 0 Å². The third-order valence-electron chi connectivity index (χ3n) is 4.76. The van der Waals surface area contributed by atoms with E-state index in [1.54, 1.807) is 18.2 Å². The van der Waals surface area contributed by atoms with Crippen molar-refractivity contribution in [3.8, 4) is 22.9 Å². The molecule has 3 aromatic rings. The van der Waals surface area contributed by atoms with Crippen LogP contribution in [0.15, 0.2) is 58.2 Å². The molecule has 31 heavy (non-hydrogen) atoms. The van der Waals surface area contributed by atoms with E-state index in [2.05, 4.69) is 20.6 Å². The minimum absolute atomic E-state index is 0.147. The number of nitrogens with zero attached hydrogens (tertiary/aromatic N) is 4. The smallest absolute Gasteiger partial charge is 0.274 e. The molecule has 156 valence electrons. The summed E-state index contributed by atoms with van der Waals surface area (Å²) in [6, 6.07) is 14.5. The predicted molar refractivity (Wildman–Crippen MR) is 108 cm³/mol. The third kappa shape index (κ3) is 3.95. The third-order valence-corrected chi connectivity index (χ3v) is 4.76. The van der Waals surface area contributed by atoms with Crippen molar-refractivity contribution in [1.82, 2.24) is 15.1 Å². The van der Waals surface area contributed by atoms with E-state index in [-0.39, 0.29) is 31.6 Å². The number of anilines is 1. The fraction of sp³-hybridized carbons (Fsp3) is 0.190. The number of hydrogen-bond acceptors (Lipinski definition) is 8. The molecular weight excluding hydrogens is 402 g/mol. The van der Waals surface area contributed by atoms with Crippen LogP contribution in [-0.4, -0.2) is 46.0 Å². The van der Waals surface area contributed by atoms with Gasteiger partial charge >= 0.3 is 0 Å². The first-order valence-corrected chi connectivity index (χ1v) is 9.62. The first kappa shape index (κ1) is 18.8. The van der Waals surface area contributed by atoms with E-state index in [9.17, 15) is 9.59 Å². The van der Waals surface area contributed by atoms with Crippen molar-refractivity contribution in [2.45, 2.75) is 12.8 Å². The fourth-order valence-electron chi connectivity index (χ4n) is 3.24. The molecule has 0 bridgehead atoms. The van der Waals surface area contributed by atoms with Gasteiger partial charge in [0.1, 0.15) is 12.3 Å². The van der Waals surface area contributed by atoms with Crippen LogP contribution in [0.3, 0.4) is 0 Å². The molecule has 0 radical (unpaired) electrons. The largest absolute Gasteiger partial charge is 0.454 e. The highest BCUT2D eigenvalue weighted by molar-refractivity contribution is 6.02. The van der Waals surface area contributed by atoms with Gasteiger partial charge in [-0.25, -0.2) is 5.01 Å². The Kier molecular flexibility index (Phi) is 4.79. The molecule has 2 aliphatic heterocycles. The van der Waals surface area contributed by atoms with Crippen molar-refractivity contribution < 1.29 is 23.6 Å². The van der Waals surface area contributed by atoms with E-state index in [1.165, 1.54) is 0 Å². The summed E-state index contributed by atoms with van der Waals surface area (Å²) in [5, 5.41) is 12.1. The highest BCUT2D eigenvalue weighted by atomic mass is 16.7. The molecule has 0 saturated heterocycles. The summed E-state index contributed by atoms with van der Waals surface area (Å²) < 4.78 is 15.9. The molecule has 0 atom stereocenters. The van der Waals surface area contributed by atoms with Gasteiger partial charge in [0.2, 0.25) is 24.4 Å². The van der Waals surface area contributed by atoms with Crippen LogP contribution in [0.25, 0.3) is 11.4 Å². The number of carbonyl (C=O) groups excluding carboxylic acids is 2. The zero-order valence-electron chi connectivity index (χ0n) is 16.3. The lowest BCUT2D eigenvalue weighted by Crippen LogP contribution is -2.38. The average Bonchev–Trinajstić information content (AvgIpc) is 3.45. The number of hydrogen-bond donors (Lipinski definition) is 1. The van der Waals surface area contributed by atoms with Crippen molar-refractivity contribution in [3.05, 3.63) is 54.4 Å². The zero-order chi connectivity index (χ0) is 21.2. The number of benzene rings is 2. The van der Waals surface area contributed by atoms with Gasteiger partial charge in [-0.05, 0) is 12.1 Å². The minimum Gasteiger partial charge on any atom is -0.454 e. The molecule has 2 aromatic carbocycles. The molecule has 10 nitrogen and oxygen atoms in total. The van der Waals surface area contributed by atoms with Gasteiger partial charge in [-0.3, -0.25) is 9.59 Å². The normalized spacial score (nSPS) is 15.0. The summed E-state index contributed by atoms with van der Waals surface area (Å²) in [6.45, 7) is -0.0926. The van der Waals surface area contributed by atoms with Crippen LogP contribution in [0.1, 0.15) is 18.7 Å². The Bertz CT molecular complexity index is 1170. The molecule has 2 aliphatic rings. The molecular formula is C21H17N5O5. The molecule has 0 saturated carbocycles. The minimum atomic E-state index is -0.396. The summed E-state index contributed by atoms with van der Waals surface area (Å²) in [7, 11) is 0. The molecule has 5 rings (SSSR count). The number of nitrogens with one attached hydrogen (secondary N) is 1. The van der Waals surface area contributed by atoms with Gasteiger partial charge < -0.3 is 19.3 Å². The second-order valence-electron chi connectivity index (χ2n) is 6.90. The Morgan fingerprint density at radius 3 is 2.77 bits per heavy atom. The highest BCUT2D eigenvalue weighted by Crippen LogP contribution is 2.34. The van der Waals surface area contributed by atoms with Gasteiger partial charge in [0.05, 0.1) is 0 Å². The summed E-state index contributed by atoms with van der Waals surface area (Å²) in [4.78, 5) is 29.1. The lowest BCUT2D eigenvalue weighted by Gasteiger charge is -2.21. The van der Waals surface area contributed by atoms with Crippen LogP contribution in [-0.2, 0) is 9.59 Å². The van der Waals surface area contributed by atoms with Gasteiger partial charge in [-0.1, -0.05) is 35.5 Å². The molecule has 1 N–H and O–H groups in total. The molecule has 1 aromatic heterocycles. The lowest BCUT2D eigenvalue weighted by atomic mass is 10.1. The van der Waals surface area contributed by atoms with Gasteiger partial charge in [0.15, 0.2) is 11.5 Å². The number of aromatic nitrogens is 2. The van der Waals surface area contributed by atoms with Crippen LogP contribution in [0, 0.1) is 0 Å². The number of ether oxygens (including phenoxy) is 2.